The summed E-state index contributed by atoms with van der Waals surface area (Å²) in [7, 11) is 0. The van der Waals surface area contributed by atoms with Crippen molar-refractivity contribution in [2.24, 2.45) is 5.92 Å². The van der Waals surface area contributed by atoms with E-state index in [1.165, 1.54) is 19.3 Å². The molecule has 3 nitrogen and oxygen atoms in total. The average molecular weight is 195 g/mol. The maximum atomic E-state index is 12.0. The van der Waals surface area contributed by atoms with Gasteiger partial charge in [-0.3, -0.25) is 4.79 Å². The van der Waals surface area contributed by atoms with Crippen LogP contribution in [0.1, 0.15) is 32.1 Å². The van der Waals surface area contributed by atoms with Crippen LogP contribution in [0.5, 0.6) is 0 Å². The Kier molecular flexibility index (Phi) is 3.40. The SMILES string of the molecule is O=C(C1CCCCC1)N1CC[N]CC1. The molecule has 0 aromatic rings. The lowest BCUT2D eigenvalue weighted by Gasteiger charge is -2.31. The van der Waals surface area contributed by atoms with E-state index < -0.39 is 0 Å². The van der Waals surface area contributed by atoms with E-state index >= 15 is 0 Å². The largest absolute Gasteiger partial charge is 0.340 e. The number of carbonyl (C=O) groups excluding carboxylic acids is 1. The molecule has 1 aliphatic carbocycles. The molecular formula is C11H19N2O. The summed E-state index contributed by atoms with van der Waals surface area (Å²) < 4.78 is 0. The van der Waals surface area contributed by atoms with Gasteiger partial charge in [-0.25, -0.2) is 5.32 Å². The number of carbonyl (C=O) groups is 1. The minimum atomic E-state index is 0.335. The van der Waals surface area contributed by atoms with Crippen molar-refractivity contribution in [2.75, 3.05) is 26.2 Å². The van der Waals surface area contributed by atoms with Crippen LogP contribution in [0.3, 0.4) is 0 Å². The normalized spacial score (nSPS) is 25.0. The van der Waals surface area contributed by atoms with Gasteiger partial charge < -0.3 is 4.90 Å². The molecule has 0 unspecified atom stereocenters. The first-order valence-electron chi connectivity index (χ1n) is 5.80. The van der Waals surface area contributed by atoms with Gasteiger partial charge in [-0.15, -0.1) is 0 Å². The lowest BCUT2D eigenvalue weighted by Crippen LogP contribution is -2.46. The van der Waals surface area contributed by atoms with Crippen molar-refractivity contribution in [1.29, 1.82) is 0 Å². The first kappa shape index (κ1) is 9.97. The number of rotatable bonds is 1. The van der Waals surface area contributed by atoms with Crippen LogP contribution in [0.15, 0.2) is 0 Å². The van der Waals surface area contributed by atoms with E-state index in [0.29, 0.717) is 11.8 Å². The predicted molar refractivity (Wildman–Crippen MR) is 55.0 cm³/mol. The molecule has 2 fully saturated rings. The second-order valence-corrected chi connectivity index (χ2v) is 4.33. The first-order chi connectivity index (χ1) is 6.88. The fourth-order valence-corrected chi connectivity index (χ4v) is 2.43. The summed E-state index contributed by atoms with van der Waals surface area (Å²) >= 11 is 0. The summed E-state index contributed by atoms with van der Waals surface area (Å²) in [5.74, 6) is 0.737. The zero-order chi connectivity index (χ0) is 9.80. The molecule has 14 heavy (non-hydrogen) atoms. The van der Waals surface area contributed by atoms with E-state index in [2.05, 4.69) is 5.32 Å². The number of piperazine rings is 1. The van der Waals surface area contributed by atoms with Gasteiger partial charge in [0.25, 0.3) is 0 Å². The van der Waals surface area contributed by atoms with Crippen molar-refractivity contribution in [1.82, 2.24) is 10.2 Å². The highest BCUT2D eigenvalue weighted by atomic mass is 16.2. The van der Waals surface area contributed by atoms with Crippen LogP contribution in [0.2, 0.25) is 0 Å². The third-order valence-electron chi connectivity index (χ3n) is 3.32. The lowest BCUT2D eigenvalue weighted by atomic mass is 9.88. The molecule has 0 N–H and O–H groups in total. The lowest BCUT2D eigenvalue weighted by molar-refractivity contribution is -0.137. The minimum absolute atomic E-state index is 0.335. The van der Waals surface area contributed by atoms with E-state index in [4.69, 9.17) is 0 Å². The van der Waals surface area contributed by atoms with Crippen molar-refractivity contribution in [3.05, 3.63) is 0 Å². The van der Waals surface area contributed by atoms with Gasteiger partial charge in [-0.2, -0.15) is 0 Å². The molecule has 1 aliphatic heterocycles. The Labute approximate surface area is 85.8 Å². The van der Waals surface area contributed by atoms with Crippen molar-refractivity contribution in [2.45, 2.75) is 32.1 Å². The smallest absolute Gasteiger partial charge is 0.225 e. The van der Waals surface area contributed by atoms with Gasteiger partial charge in [0.1, 0.15) is 0 Å². The molecule has 1 amide bonds. The van der Waals surface area contributed by atoms with Crippen LogP contribution < -0.4 is 5.32 Å². The highest BCUT2D eigenvalue weighted by Crippen LogP contribution is 2.25. The van der Waals surface area contributed by atoms with Crippen molar-refractivity contribution in [3.8, 4) is 0 Å². The molecule has 3 heteroatoms. The quantitative estimate of drug-likeness (QED) is 0.615. The molecule has 1 saturated heterocycles. The Bertz CT molecular complexity index is 173. The third-order valence-corrected chi connectivity index (χ3v) is 3.32. The minimum Gasteiger partial charge on any atom is -0.340 e. The zero-order valence-electron chi connectivity index (χ0n) is 8.74. The third kappa shape index (κ3) is 2.27. The van der Waals surface area contributed by atoms with Crippen LogP contribution in [-0.2, 0) is 4.79 Å². The molecule has 2 rings (SSSR count). The molecule has 2 aliphatic rings. The van der Waals surface area contributed by atoms with Gasteiger partial charge >= 0.3 is 0 Å². The second-order valence-electron chi connectivity index (χ2n) is 4.33. The molecule has 1 saturated carbocycles. The van der Waals surface area contributed by atoms with Crippen molar-refractivity contribution in [3.63, 3.8) is 0 Å². The number of hydrogen-bond acceptors (Lipinski definition) is 1. The summed E-state index contributed by atoms with van der Waals surface area (Å²) in [6.07, 6.45) is 6.04. The maximum absolute atomic E-state index is 12.0. The molecule has 1 radical (unpaired) electrons. The van der Waals surface area contributed by atoms with E-state index in [1.807, 2.05) is 4.90 Å². The molecule has 1 heterocycles. The number of nitrogens with zero attached hydrogens (tertiary/aromatic N) is 2. The number of amides is 1. The molecule has 0 bridgehead atoms. The van der Waals surface area contributed by atoms with Crippen LogP contribution in [0.4, 0.5) is 0 Å². The monoisotopic (exact) mass is 195 g/mol. The fourth-order valence-electron chi connectivity index (χ4n) is 2.43. The van der Waals surface area contributed by atoms with Gasteiger partial charge in [0.15, 0.2) is 0 Å². The predicted octanol–water partition coefficient (Wildman–Crippen LogP) is 1.01. The fraction of sp³-hybridized carbons (Fsp3) is 0.909. The van der Waals surface area contributed by atoms with Crippen LogP contribution in [0.25, 0.3) is 0 Å². The van der Waals surface area contributed by atoms with Gasteiger partial charge in [-0.1, -0.05) is 19.3 Å². The standard InChI is InChI=1S/C11H19N2O/c14-11(10-4-2-1-3-5-10)13-8-6-12-7-9-13/h10H,1-9H2. The molecule has 0 spiro atoms. The Morgan fingerprint density at radius 2 is 1.71 bits per heavy atom. The summed E-state index contributed by atoms with van der Waals surface area (Å²) in [4.78, 5) is 14.1. The summed E-state index contributed by atoms with van der Waals surface area (Å²) in [5.41, 5.74) is 0. The average Bonchev–Trinajstić information content (AvgIpc) is 2.30. The topological polar surface area (TPSA) is 34.4 Å². The Morgan fingerprint density at radius 3 is 2.36 bits per heavy atom. The van der Waals surface area contributed by atoms with E-state index in [1.54, 1.807) is 0 Å². The Balaban J connectivity index is 1.85. The van der Waals surface area contributed by atoms with Gasteiger partial charge in [-0.05, 0) is 12.8 Å². The summed E-state index contributed by atoms with van der Waals surface area (Å²) in [5, 5.41) is 4.26. The molecular weight excluding hydrogens is 176 g/mol. The van der Waals surface area contributed by atoms with Crippen molar-refractivity contribution < 1.29 is 4.79 Å². The number of hydrogen-bond donors (Lipinski definition) is 0. The highest BCUT2D eigenvalue weighted by molar-refractivity contribution is 5.79. The maximum Gasteiger partial charge on any atom is 0.225 e. The molecule has 0 aromatic carbocycles. The van der Waals surface area contributed by atoms with Crippen LogP contribution in [0, 0.1) is 5.92 Å². The Morgan fingerprint density at radius 1 is 1.07 bits per heavy atom. The van der Waals surface area contributed by atoms with Crippen molar-refractivity contribution >= 4 is 5.91 Å². The van der Waals surface area contributed by atoms with Gasteiger partial charge in [0, 0.05) is 32.1 Å². The molecule has 79 valence electrons. The zero-order valence-corrected chi connectivity index (χ0v) is 8.74. The van der Waals surface area contributed by atoms with Crippen LogP contribution >= 0.6 is 0 Å². The van der Waals surface area contributed by atoms with E-state index in [0.717, 1.165) is 39.0 Å². The van der Waals surface area contributed by atoms with Gasteiger partial charge in [0.05, 0.1) is 0 Å². The van der Waals surface area contributed by atoms with Crippen LogP contribution in [-0.4, -0.2) is 37.0 Å². The summed E-state index contributed by atoms with van der Waals surface area (Å²) in [6.45, 7) is 3.40. The molecule has 0 atom stereocenters. The second kappa shape index (κ2) is 4.78. The van der Waals surface area contributed by atoms with Gasteiger partial charge in [0.2, 0.25) is 5.91 Å². The first-order valence-corrected chi connectivity index (χ1v) is 5.80. The highest BCUT2D eigenvalue weighted by Gasteiger charge is 2.26. The molecule has 0 aromatic heterocycles. The summed E-state index contributed by atoms with van der Waals surface area (Å²) in [6, 6.07) is 0. The van der Waals surface area contributed by atoms with E-state index in [9.17, 15) is 4.79 Å². The Hall–Kier alpha value is -0.570. The van der Waals surface area contributed by atoms with E-state index in [-0.39, 0.29) is 0 Å².